The van der Waals surface area contributed by atoms with Gasteiger partial charge < -0.3 is 15.0 Å². The Morgan fingerprint density at radius 2 is 2.20 bits per heavy atom. The van der Waals surface area contributed by atoms with E-state index in [2.05, 4.69) is 10.3 Å². The molecule has 0 aromatic carbocycles. The molecule has 2 aliphatic rings. The quantitative estimate of drug-likeness (QED) is 0.765. The largest absolute Gasteiger partial charge is 0.368 e. The number of hydrogen-bond acceptors (Lipinski definition) is 6. The van der Waals surface area contributed by atoms with Gasteiger partial charge in [-0.05, 0) is 36.3 Å². The van der Waals surface area contributed by atoms with E-state index in [9.17, 15) is 14.4 Å². The number of amides is 2. The summed E-state index contributed by atoms with van der Waals surface area (Å²) < 4.78 is 5.49. The summed E-state index contributed by atoms with van der Waals surface area (Å²) in [5.41, 5.74) is 1.27. The Kier molecular flexibility index (Phi) is 5.97. The summed E-state index contributed by atoms with van der Waals surface area (Å²) in [6.45, 7) is 4.53. The SMILES string of the molecule is CC(C)CC(NC(=O)c1cncc(-c2cccs2)c1)C(=O)N1CCC2OCC(=O)C21. The molecule has 2 amide bonds. The average molecular weight is 428 g/mol. The molecule has 0 bridgehead atoms. The van der Waals surface area contributed by atoms with Gasteiger partial charge in [0.05, 0.1) is 11.7 Å². The number of rotatable bonds is 6. The standard InChI is InChI=1S/C22H25N3O4S/c1-13(2)8-16(22(28)25-6-5-18-20(25)17(26)12-29-18)24-21(27)15-9-14(10-23-11-15)19-4-3-7-30-19/h3-4,7,9-11,13,16,18,20H,5-6,8,12H2,1-2H3,(H,24,27). The molecule has 0 saturated carbocycles. The van der Waals surface area contributed by atoms with Crippen LogP contribution in [-0.4, -0.2) is 58.8 Å². The zero-order valence-corrected chi connectivity index (χ0v) is 17.9. The molecule has 3 unspecified atom stereocenters. The van der Waals surface area contributed by atoms with Gasteiger partial charge in [0, 0.05) is 29.4 Å². The van der Waals surface area contributed by atoms with Gasteiger partial charge >= 0.3 is 0 Å². The van der Waals surface area contributed by atoms with Crippen LogP contribution in [0, 0.1) is 5.92 Å². The Balaban J connectivity index is 1.52. The third-order valence-corrected chi connectivity index (χ3v) is 6.43. The fourth-order valence-corrected chi connectivity index (χ4v) is 4.83. The van der Waals surface area contributed by atoms with Crippen LogP contribution in [0.5, 0.6) is 0 Å². The van der Waals surface area contributed by atoms with E-state index in [-0.39, 0.29) is 36.2 Å². The summed E-state index contributed by atoms with van der Waals surface area (Å²) in [5.74, 6) is -0.424. The minimum atomic E-state index is -0.699. The first-order valence-corrected chi connectivity index (χ1v) is 11.1. The van der Waals surface area contributed by atoms with Crippen molar-refractivity contribution in [2.75, 3.05) is 13.2 Å². The van der Waals surface area contributed by atoms with Crippen LogP contribution in [0.1, 0.15) is 37.0 Å². The molecule has 2 aliphatic heterocycles. The van der Waals surface area contributed by atoms with Crippen LogP contribution >= 0.6 is 11.3 Å². The second kappa shape index (κ2) is 8.65. The molecule has 0 spiro atoms. The van der Waals surface area contributed by atoms with Crippen molar-refractivity contribution in [2.24, 2.45) is 5.92 Å². The summed E-state index contributed by atoms with van der Waals surface area (Å²) in [7, 11) is 0. The molecular weight excluding hydrogens is 402 g/mol. The Bertz CT molecular complexity index is 944. The number of likely N-dealkylation sites (tertiary alicyclic amines) is 1. The highest BCUT2D eigenvalue weighted by Gasteiger charge is 2.48. The number of nitrogens with one attached hydrogen (secondary N) is 1. The molecule has 8 heteroatoms. The monoisotopic (exact) mass is 427 g/mol. The van der Waals surface area contributed by atoms with Crippen LogP contribution in [0.4, 0.5) is 0 Å². The molecule has 2 fully saturated rings. The van der Waals surface area contributed by atoms with Crippen molar-refractivity contribution >= 4 is 28.9 Å². The molecule has 0 radical (unpaired) electrons. The lowest BCUT2D eigenvalue weighted by Crippen LogP contribution is -2.52. The first-order chi connectivity index (χ1) is 14.4. The summed E-state index contributed by atoms with van der Waals surface area (Å²) in [6.07, 6.45) is 4.14. The molecule has 2 aromatic heterocycles. The van der Waals surface area contributed by atoms with E-state index in [0.717, 1.165) is 10.4 Å². The van der Waals surface area contributed by atoms with Crippen molar-refractivity contribution in [2.45, 2.75) is 44.9 Å². The molecule has 0 aliphatic carbocycles. The molecule has 158 valence electrons. The predicted molar refractivity (Wildman–Crippen MR) is 113 cm³/mol. The molecule has 3 atom stereocenters. The Hall–Kier alpha value is -2.58. The number of hydrogen-bond donors (Lipinski definition) is 1. The van der Waals surface area contributed by atoms with Gasteiger partial charge in [-0.3, -0.25) is 19.4 Å². The molecule has 4 heterocycles. The van der Waals surface area contributed by atoms with Crippen LogP contribution in [-0.2, 0) is 14.3 Å². The molecule has 2 aromatic rings. The highest BCUT2D eigenvalue weighted by atomic mass is 32.1. The van der Waals surface area contributed by atoms with Gasteiger partial charge in [-0.25, -0.2) is 0 Å². The molecule has 7 nitrogen and oxygen atoms in total. The van der Waals surface area contributed by atoms with Gasteiger partial charge in [0.1, 0.15) is 18.7 Å². The van der Waals surface area contributed by atoms with E-state index in [0.29, 0.717) is 24.9 Å². The fourth-order valence-electron chi connectivity index (χ4n) is 4.12. The second-order valence-corrected chi connectivity index (χ2v) is 9.12. The van der Waals surface area contributed by atoms with Crippen molar-refractivity contribution < 1.29 is 19.1 Å². The van der Waals surface area contributed by atoms with Crippen LogP contribution < -0.4 is 5.32 Å². The first kappa shape index (κ1) is 20.7. The van der Waals surface area contributed by atoms with Crippen LogP contribution in [0.2, 0.25) is 0 Å². The Morgan fingerprint density at radius 3 is 2.93 bits per heavy atom. The molecule has 1 N–H and O–H groups in total. The fraction of sp³-hybridized carbons (Fsp3) is 0.455. The number of ether oxygens (including phenoxy) is 1. The number of carbonyl (C=O) groups is 3. The Morgan fingerprint density at radius 1 is 1.37 bits per heavy atom. The zero-order valence-electron chi connectivity index (χ0n) is 17.0. The number of pyridine rings is 1. The predicted octanol–water partition coefficient (Wildman–Crippen LogP) is 2.52. The van der Waals surface area contributed by atoms with Crippen molar-refractivity contribution in [3.63, 3.8) is 0 Å². The van der Waals surface area contributed by atoms with Crippen LogP contribution in [0.15, 0.2) is 36.0 Å². The topological polar surface area (TPSA) is 88.6 Å². The Labute approximate surface area is 179 Å². The van der Waals surface area contributed by atoms with Crippen LogP contribution in [0.3, 0.4) is 0 Å². The van der Waals surface area contributed by atoms with Gasteiger partial charge in [-0.15, -0.1) is 11.3 Å². The van der Waals surface area contributed by atoms with Gasteiger partial charge in [0.25, 0.3) is 5.91 Å². The number of Topliss-reactive ketones (excluding diaryl/α,β-unsaturated/α-hetero) is 1. The third kappa shape index (κ3) is 4.15. The van der Waals surface area contributed by atoms with Crippen LogP contribution in [0.25, 0.3) is 10.4 Å². The maximum absolute atomic E-state index is 13.3. The van der Waals surface area contributed by atoms with Gasteiger partial charge in [-0.1, -0.05) is 19.9 Å². The summed E-state index contributed by atoms with van der Waals surface area (Å²) in [5, 5.41) is 4.86. The summed E-state index contributed by atoms with van der Waals surface area (Å²) in [4.78, 5) is 45.2. The maximum atomic E-state index is 13.3. The van der Waals surface area contributed by atoms with E-state index in [1.54, 1.807) is 28.5 Å². The number of thiophene rings is 1. The van der Waals surface area contributed by atoms with E-state index < -0.39 is 12.1 Å². The third-order valence-electron chi connectivity index (χ3n) is 5.51. The van der Waals surface area contributed by atoms with Gasteiger partial charge in [0.15, 0.2) is 5.78 Å². The molecule has 30 heavy (non-hydrogen) atoms. The van der Waals surface area contributed by atoms with Crippen molar-refractivity contribution in [1.82, 2.24) is 15.2 Å². The highest BCUT2D eigenvalue weighted by Crippen LogP contribution is 2.28. The zero-order chi connectivity index (χ0) is 21.3. The van der Waals surface area contributed by atoms with Crippen molar-refractivity contribution in [1.29, 1.82) is 0 Å². The number of ketones is 1. The lowest BCUT2D eigenvalue weighted by molar-refractivity contribution is -0.138. The number of aromatic nitrogens is 1. The molecular formula is C22H25N3O4S. The summed E-state index contributed by atoms with van der Waals surface area (Å²) in [6, 6.07) is 4.48. The molecule has 4 rings (SSSR count). The smallest absolute Gasteiger partial charge is 0.253 e. The minimum absolute atomic E-state index is 0.0570. The van der Waals surface area contributed by atoms with Gasteiger partial charge in [-0.2, -0.15) is 0 Å². The number of fused-ring (bicyclic) bond motifs is 1. The first-order valence-electron chi connectivity index (χ1n) is 10.2. The van der Waals surface area contributed by atoms with E-state index >= 15 is 0 Å². The minimum Gasteiger partial charge on any atom is -0.368 e. The van der Waals surface area contributed by atoms with Gasteiger partial charge in [0.2, 0.25) is 5.91 Å². The van der Waals surface area contributed by atoms with E-state index in [1.165, 1.54) is 6.20 Å². The lowest BCUT2D eigenvalue weighted by atomic mass is 10.0. The second-order valence-electron chi connectivity index (χ2n) is 8.18. The summed E-state index contributed by atoms with van der Waals surface area (Å²) >= 11 is 1.57. The lowest BCUT2D eigenvalue weighted by Gasteiger charge is -2.28. The average Bonchev–Trinajstić information content (AvgIpc) is 3.46. The van der Waals surface area contributed by atoms with E-state index in [1.807, 2.05) is 31.4 Å². The number of nitrogens with zero attached hydrogens (tertiary/aromatic N) is 2. The number of carbonyl (C=O) groups excluding carboxylic acids is 3. The van der Waals surface area contributed by atoms with Crippen molar-refractivity contribution in [3.05, 3.63) is 41.5 Å². The molecule has 2 saturated heterocycles. The highest BCUT2D eigenvalue weighted by molar-refractivity contribution is 7.13. The van der Waals surface area contributed by atoms with E-state index in [4.69, 9.17) is 4.74 Å². The van der Waals surface area contributed by atoms with Crippen molar-refractivity contribution in [3.8, 4) is 10.4 Å². The normalized spacial score (nSPS) is 21.7. The maximum Gasteiger partial charge on any atom is 0.253 e.